The van der Waals surface area contributed by atoms with Gasteiger partial charge in [0.1, 0.15) is 11.7 Å². The van der Waals surface area contributed by atoms with Gasteiger partial charge in [-0.1, -0.05) is 11.6 Å². The number of nitrogens with zero attached hydrogens (tertiary/aromatic N) is 1. The van der Waals surface area contributed by atoms with Crippen LogP contribution >= 0.6 is 11.6 Å². The number of rotatable bonds is 5. The molecule has 0 aromatic heterocycles. The summed E-state index contributed by atoms with van der Waals surface area (Å²) < 4.78 is 4.81. The van der Waals surface area contributed by atoms with Crippen LogP contribution in [0.25, 0.3) is 0 Å². The summed E-state index contributed by atoms with van der Waals surface area (Å²) in [5.41, 5.74) is 0.379. The first-order chi connectivity index (χ1) is 10.4. The number of benzene rings is 1. The van der Waals surface area contributed by atoms with E-state index in [1.54, 1.807) is 6.92 Å². The number of ketones is 1. The molecule has 0 radical (unpaired) electrons. The third-order valence-corrected chi connectivity index (χ3v) is 3.59. The molecule has 6 nitrogen and oxygen atoms in total. The van der Waals surface area contributed by atoms with Crippen molar-refractivity contribution in [3.63, 3.8) is 0 Å². The van der Waals surface area contributed by atoms with E-state index < -0.39 is 29.5 Å². The average molecular weight is 324 g/mol. The monoisotopic (exact) mass is 323 g/mol. The second-order valence-corrected chi connectivity index (χ2v) is 5.26. The van der Waals surface area contributed by atoms with E-state index in [1.807, 2.05) is 0 Å². The first-order valence-corrected chi connectivity index (χ1v) is 7.07. The van der Waals surface area contributed by atoms with Crippen LogP contribution in [0.3, 0.4) is 0 Å². The molecular formula is C15H14ClNO5. The zero-order valence-electron chi connectivity index (χ0n) is 12.1. The molecule has 1 aromatic carbocycles. The van der Waals surface area contributed by atoms with Gasteiger partial charge in [-0.3, -0.25) is 24.1 Å². The summed E-state index contributed by atoms with van der Waals surface area (Å²) >= 11 is 5.82. The Morgan fingerprint density at radius 1 is 1.23 bits per heavy atom. The number of imide groups is 1. The highest BCUT2D eigenvalue weighted by Gasteiger charge is 2.39. The molecular weight excluding hydrogens is 310 g/mol. The van der Waals surface area contributed by atoms with E-state index in [4.69, 9.17) is 16.3 Å². The van der Waals surface area contributed by atoms with E-state index in [-0.39, 0.29) is 24.3 Å². The molecule has 1 aliphatic heterocycles. The van der Waals surface area contributed by atoms with Crippen LogP contribution in [0, 0.1) is 5.92 Å². The van der Waals surface area contributed by atoms with Crippen LogP contribution in [0.1, 0.15) is 34.6 Å². The van der Waals surface area contributed by atoms with Crippen LogP contribution in [0.2, 0.25) is 5.02 Å². The highest BCUT2D eigenvalue weighted by molar-refractivity contribution is 6.32. The number of carbonyl (C=O) groups excluding carboxylic acids is 4. The van der Waals surface area contributed by atoms with Gasteiger partial charge in [-0.15, -0.1) is 0 Å². The molecule has 2 rings (SSSR count). The maximum Gasteiger partial charge on any atom is 0.318 e. The summed E-state index contributed by atoms with van der Waals surface area (Å²) in [6.45, 7) is 2.61. The summed E-state index contributed by atoms with van der Waals surface area (Å²) in [4.78, 5) is 48.8. The van der Waals surface area contributed by atoms with Gasteiger partial charge in [-0.05, 0) is 32.0 Å². The summed E-state index contributed by atoms with van der Waals surface area (Å²) in [6.07, 6.45) is 0. The first-order valence-electron chi connectivity index (χ1n) is 6.69. The number of hydrogen-bond donors (Lipinski definition) is 0. The Labute approximate surface area is 132 Å². The third-order valence-electron chi connectivity index (χ3n) is 3.36. The number of esters is 1. The van der Waals surface area contributed by atoms with Crippen molar-refractivity contribution in [1.29, 1.82) is 0 Å². The standard InChI is InChI=1S/C15H14ClNO5/c1-3-22-15(21)12(8(2)18)7-17-13(19)10-5-4-9(16)6-11(10)14(17)20/h4-6,12H,3,7H2,1-2H3. The molecule has 1 aliphatic rings. The molecule has 1 aromatic rings. The largest absolute Gasteiger partial charge is 0.465 e. The molecule has 116 valence electrons. The lowest BCUT2D eigenvalue weighted by Crippen LogP contribution is -2.40. The number of hydrogen-bond acceptors (Lipinski definition) is 5. The molecule has 2 amide bonds. The fraction of sp³-hybridized carbons (Fsp3) is 0.333. The summed E-state index contributed by atoms with van der Waals surface area (Å²) in [5.74, 6) is -3.51. The van der Waals surface area contributed by atoms with E-state index in [0.717, 1.165) is 4.90 Å². The average Bonchev–Trinajstić information content (AvgIpc) is 2.68. The van der Waals surface area contributed by atoms with E-state index in [9.17, 15) is 19.2 Å². The van der Waals surface area contributed by atoms with Gasteiger partial charge in [0.2, 0.25) is 0 Å². The van der Waals surface area contributed by atoms with Crippen LogP contribution in [0.5, 0.6) is 0 Å². The van der Waals surface area contributed by atoms with Gasteiger partial charge in [-0.25, -0.2) is 0 Å². The molecule has 0 fully saturated rings. The second-order valence-electron chi connectivity index (χ2n) is 4.83. The fourth-order valence-corrected chi connectivity index (χ4v) is 2.40. The Morgan fingerprint density at radius 2 is 1.86 bits per heavy atom. The maximum atomic E-state index is 12.3. The van der Waals surface area contributed by atoms with E-state index in [1.165, 1.54) is 25.1 Å². The van der Waals surface area contributed by atoms with Crippen molar-refractivity contribution < 1.29 is 23.9 Å². The lowest BCUT2D eigenvalue weighted by molar-refractivity contribution is -0.151. The zero-order valence-corrected chi connectivity index (χ0v) is 12.8. The van der Waals surface area contributed by atoms with Crippen LogP contribution < -0.4 is 0 Å². The second kappa shape index (κ2) is 6.27. The minimum atomic E-state index is -1.18. The maximum absolute atomic E-state index is 12.3. The summed E-state index contributed by atoms with van der Waals surface area (Å²) in [6, 6.07) is 4.35. The fourth-order valence-electron chi connectivity index (χ4n) is 2.22. The van der Waals surface area contributed by atoms with Gasteiger partial charge in [0, 0.05) is 11.6 Å². The lowest BCUT2D eigenvalue weighted by atomic mass is 10.1. The van der Waals surface area contributed by atoms with Crippen molar-refractivity contribution in [1.82, 2.24) is 4.90 Å². The van der Waals surface area contributed by atoms with Gasteiger partial charge in [-0.2, -0.15) is 0 Å². The molecule has 0 N–H and O–H groups in total. The molecule has 0 aliphatic carbocycles. The number of amides is 2. The van der Waals surface area contributed by atoms with Crippen LogP contribution in [-0.4, -0.2) is 41.6 Å². The van der Waals surface area contributed by atoms with E-state index >= 15 is 0 Å². The Bertz CT molecular complexity index is 670. The van der Waals surface area contributed by atoms with Crippen molar-refractivity contribution in [3.05, 3.63) is 34.3 Å². The quantitative estimate of drug-likeness (QED) is 0.468. The molecule has 0 saturated heterocycles. The van der Waals surface area contributed by atoms with Gasteiger partial charge in [0.15, 0.2) is 0 Å². The molecule has 1 heterocycles. The predicted octanol–water partition coefficient (Wildman–Crippen LogP) is 1.70. The predicted molar refractivity (Wildman–Crippen MR) is 77.6 cm³/mol. The number of fused-ring (bicyclic) bond motifs is 1. The van der Waals surface area contributed by atoms with Crippen molar-refractivity contribution in [2.45, 2.75) is 13.8 Å². The molecule has 22 heavy (non-hydrogen) atoms. The molecule has 0 saturated carbocycles. The SMILES string of the molecule is CCOC(=O)C(CN1C(=O)c2ccc(Cl)cc2C1=O)C(C)=O. The number of carbonyl (C=O) groups is 4. The molecule has 1 atom stereocenters. The van der Waals surface area contributed by atoms with Gasteiger partial charge in [0.25, 0.3) is 11.8 Å². The van der Waals surface area contributed by atoms with Crippen molar-refractivity contribution in [2.24, 2.45) is 5.92 Å². The number of ether oxygens (including phenoxy) is 1. The molecule has 1 unspecified atom stereocenters. The van der Waals surface area contributed by atoms with Crippen molar-refractivity contribution >= 4 is 35.2 Å². The van der Waals surface area contributed by atoms with Crippen molar-refractivity contribution in [3.8, 4) is 0 Å². The lowest BCUT2D eigenvalue weighted by Gasteiger charge is -2.19. The summed E-state index contributed by atoms with van der Waals surface area (Å²) in [5, 5.41) is 0.329. The minimum Gasteiger partial charge on any atom is -0.465 e. The number of halogens is 1. The highest BCUT2D eigenvalue weighted by Crippen LogP contribution is 2.26. The summed E-state index contributed by atoms with van der Waals surface area (Å²) in [7, 11) is 0. The van der Waals surface area contributed by atoms with Crippen molar-refractivity contribution in [2.75, 3.05) is 13.2 Å². The molecule has 0 bridgehead atoms. The van der Waals surface area contributed by atoms with Crippen LogP contribution in [0.15, 0.2) is 18.2 Å². The van der Waals surface area contributed by atoms with Crippen LogP contribution in [0.4, 0.5) is 0 Å². The topological polar surface area (TPSA) is 80.8 Å². The molecule has 0 spiro atoms. The smallest absolute Gasteiger partial charge is 0.318 e. The van der Waals surface area contributed by atoms with Gasteiger partial charge in [0.05, 0.1) is 17.7 Å². The van der Waals surface area contributed by atoms with Gasteiger partial charge < -0.3 is 4.74 Å². The van der Waals surface area contributed by atoms with Gasteiger partial charge >= 0.3 is 5.97 Å². The third kappa shape index (κ3) is 2.87. The van der Waals surface area contributed by atoms with E-state index in [2.05, 4.69) is 0 Å². The Balaban J connectivity index is 2.27. The number of Topliss-reactive ketones (excluding diaryl/α,β-unsaturated/α-hetero) is 1. The normalized spacial score (nSPS) is 14.8. The van der Waals surface area contributed by atoms with E-state index in [0.29, 0.717) is 5.02 Å². The Morgan fingerprint density at radius 3 is 2.45 bits per heavy atom. The zero-order chi connectivity index (χ0) is 16.4. The van der Waals surface area contributed by atoms with Crippen LogP contribution in [-0.2, 0) is 14.3 Å². The Kier molecular flexibility index (Phi) is 4.61. The highest BCUT2D eigenvalue weighted by atomic mass is 35.5. The Hall–Kier alpha value is -2.21. The molecule has 7 heteroatoms. The minimum absolute atomic E-state index is 0.111. The first kappa shape index (κ1) is 16.2.